The fourth-order valence-corrected chi connectivity index (χ4v) is 13.8. The van der Waals surface area contributed by atoms with Gasteiger partial charge >= 0.3 is 11.9 Å². The van der Waals surface area contributed by atoms with Crippen molar-refractivity contribution in [3.8, 4) is 0 Å². The Morgan fingerprint density at radius 2 is 1.69 bits per heavy atom. The van der Waals surface area contributed by atoms with Gasteiger partial charge in [-0.3, -0.25) is 24.0 Å². The lowest BCUT2D eigenvalue weighted by molar-refractivity contribution is -0.225. The Morgan fingerprint density at radius 1 is 0.957 bits per heavy atom. The summed E-state index contributed by atoms with van der Waals surface area (Å²) in [6.45, 7) is 17.0. The van der Waals surface area contributed by atoms with Crippen molar-refractivity contribution in [1.82, 2.24) is 15.3 Å². The molecular formula is C56H83N3O11. The van der Waals surface area contributed by atoms with Crippen LogP contribution < -0.4 is 5.32 Å². The van der Waals surface area contributed by atoms with Crippen molar-refractivity contribution < 1.29 is 52.8 Å². The van der Waals surface area contributed by atoms with Gasteiger partial charge in [0.15, 0.2) is 11.8 Å². The van der Waals surface area contributed by atoms with Gasteiger partial charge in [0.2, 0.25) is 11.8 Å². The molecular weight excluding hydrogens is 891 g/mol. The zero-order valence-electron chi connectivity index (χ0n) is 43.4. The predicted molar refractivity (Wildman–Crippen MR) is 262 cm³/mol. The van der Waals surface area contributed by atoms with Crippen LogP contribution in [0.15, 0.2) is 29.8 Å². The number of carbonyl (C=O) groups excluding carboxylic acids is 4. The van der Waals surface area contributed by atoms with Crippen LogP contribution in [0.25, 0.3) is 6.08 Å². The largest absolute Gasteiger partial charge is 0.460 e. The lowest BCUT2D eigenvalue weighted by Crippen LogP contribution is -2.70. The minimum absolute atomic E-state index is 0.0106. The number of unbranched alkanes of at least 4 members (excludes halogenated alkanes) is 4. The Morgan fingerprint density at radius 3 is 2.39 bits per heavy atom. The number of nitrogens with one attached hydrogen (secondary N) is 1. The normalized spacial score (nSPS) is 35.8. The van der Waals surface area contributed by atoms with E-state index in [2.05, 4.69) is 64.2 Å². The number of carbonyl (C=O) groups is 4. The number of esters is 2. The highest BCUT2D eigenvalue weighted by molar-refractivity contribution is 5.96. The van der Waals surface area contributed by atoms with E-state index in [0.717, 1.165) is 81.8 Å². The maximum absolute atomic E-state index is 15.9. The van der Waals surface area contributed by atoms with Gasteiger partial charge in [0.05, 0.1) is 30.9 Å². The Hall–Kier alpha value is -3.40. The zero-order valence-corrected chi connectivity index (χ0v) is 43.4. The molecule has 14 heteroatoms. The Balaban J connectivity index is 1.03. The molecule has 5 aliphatic heterocycles. The maximum atomic E-state index is 15.9. The average molecular weight is 974 g/mol. The van der Waals surface area contributed by atoms with E-state index in [0.29, 0.717) is 44.1 Å². The van der Waals surface area contributed by atoms with E-state index in [9.17, 15) is 19.5 Å². The van der Waals surface area contributed by atoms with Crippen LogP contribution in [0.1, 0.15) is 182 Å². The number of hydroxylamine groups is 2. The number of benzene rings is 1. The minimum atomic E-state index is -1.45. The van der Waals surface area contributed by atoms with Crippen LogP contribution in [0, 0.1) is 22.7 Å². The first kappa shape index (κ1) is 51.5. The molecule has 12 atom stereocenters. The molecule has 0 aromatic heterocycles. The van der Waals surface area contributed by atoms with Gasteiger partial charge in [-0.05, 0) is 120 Å². The van der Waals surface area contributed by atoms with Gasteiger partial charge in [-0.1, -0.05) is 89.3 Å². The highest BCUT2D eigenvalue weighted by Gasteiger charge is 2.77. The molecule has 14 nitrogen and oxygen atoms in total. The number of amides is 2. The first-order chi connectivity index (χ1) is 33.3. The first-order valence-electron chi connectivity index (χ1n) is 27.2. The van der Waals surface area contributed by atoms with Gasteiger partial charge in [0, 0.05) is 32.2 Å². The van der Waals surface area contributed by atoms with Gasteiger partial charge in [0.1, 0.15) is 41.5 Å². The van der Waals surface area contributed by atoms with Gasteiger partial charge in [-0.25, -0.2) is 0 Å². The molecule has 70 heavy (non-hydrogen) atoms. The van der Waals surface area contributed by atoms with Crippen LogP contribution in [-0.2, 0) is 54.2 Å². The highest BCUT2D eigenvalue weighted by Crippen LogP contribution is 2.61. The number of likely N-dealkylation sites (tertiary alicyclic amines) is 1. The third-order valence-corrected chi connectivity index (χ3v) is 17.6. The summed E-state index contributed by atoms with van der Waals surface area (Å²) in [6, 6.07) is 5.62. The molecule has 0 radical (unpaired) electrons. The summed E-state index contributed by atoms with van der Waals surface area (Å²) in [7, 11) is 0. The molecule has 0 spiro atoms. The van der Waals surface area contributed by atoms with Crippen molar-refractivity contribution in [2.75, 3.05) is 13.2 Å². The third kappa shape index (κ3) is 10.0. The van der Waals surface area contributed by atoms with E-state index in [1.807, 2.05) is 6.07 Å². The number of rotatable bonds is 18. The van der Waals surface area contributed by atoms with E-state index in [1.165, 1.54) is 5.57 Å². The summed E-state index contributed by atoms with van der Waals surface area (Å²) in [5, 5.41) is 15.0. The van der Waals surface area contributed by atoms with Crippen LogP contribution in [-0.4, -0.2) is 118 Å². The third-order valence-electron chi connectivity index (χ3n) is 17.6. The number of epoxide rings is 1. The van der Waals surface area contributed by atoms with Gasteiger partial charge in [-0.2, -0.15) is 5.06 Å². The summed E-state index contributed by atoms with van der Waals surface area (Å²) < 4.78 is 32.5. The molecule has 5 saturated heterocycles. The number of aliphatic hydroxyl groups is 1. The average Bonchev–Trinajstić information content (AvgIpc) is 3.68. The van der Waals surface area contributed by atoms with Crippen LogP contribution >= 0.6 is 0 Å². The smallest absolute Gasteiger partial charge is 0.327 e. The molecule has 388 valence electrons. The number of nitrogens with zero attached hydrogens (tertiary/aromatic N) is 2. The maximum Gasteiger partial charge on any atom is 0.327 e. The fraction of sp³-hybridized carbons (Fsp3) is 0.786. The van der Waals surface area contributed by atoms with E-state index < -0.39 is 77.2 Å². The first-order valence-corrected chi connectivity index (χ1v) is 27.2. The number of fused-ring (bicyclic) bond motifs is 6. The predicted octanol–water partition coefficient (Wildman–Crippen LogP) is 8.49. The molecule has 3 saturated carbocycles. The molecule has 2 N–H and O–H groups in total. The van der Waals surface area contributed by atoms with E-state index >= 15 is 4.79 Å². The van der Waals surface area contributed by atoms with Crippen LogP contribution in [0.5, 0.6) is 0 Å². The van der Waals surface area contributed by atoms with Gasteiger partial charge in [-0.15, -0.1) is 0 Å². The highest BCUT2D eigenvalue weighted by atomic mass is 16.8. The second kappa shape index (κ2) is 20.1. The van der Waals surface area contributed by atoms with Crippen molar-refractivity contribution in [3.05, 3.63) is 41.0 Å². The summed E-state index contributed by atoms with van der Waals surface area (Å²) in [4.78, 5) is 66.5. The van der Waals surface area contributed by atoms with E-state index in [1.54, 1.807) is 30.7 Å². The number of hydrogen-bond acceptors (Lipinski definition) is 12. The number of allylic oxidation sites excluding steroid dienone is 1. The molecule has 2 amide bonds. The Labute approximate surface area is 416 Å². The fourth-order valence-electron chi connectivity index (χ4n) is 13.8. The van der Waals surface area contributed by atoms with Crippen molar-refractivity contribution >= 4 is 29.8 Å². The molecule has 2 bridgehead atoms. The molecule has 1 aromatic rings. The lowest BCUT2D eigenvalue weighted by Gasteiger charge is -2.53. The van der Waals surface area contributed by atoms with Crippen molar-refractivity contribution in [2.45, 2.75) is 243 Å². The van der Waals surface area contributed by atoms with E-state index in [4.69, 9.17) is 28.5 Å². The summed E-state index contributed by atoms with van der Waals surface area (Å²) in [6.07, 6.45) is 13.7. The number of aliphatic hydroxyl groups excluding tert-OH is 1. The van der Waals surface area contributed by atoms with Gasteiger partial charge in [0.25, 0.3) is 0 Å². The Bertz CT molecular complexity index is 2130. The number of ether oxygens (including phenoxy) is 5. The Kier molecular flexibility index (Phi) is 14.8. The second-order valence-corrected chi connectivity index (χ2v) is 24.2. The van der Waals surface area contributed by atoms with Crippen LogP contribution in [0.4, 0.5) is 0 Å². The van der Waals surface area contributed by atoms with Crippen LogP contribution in [0.2, 0.25) is 0 Å². The molecule has 9 rings (SSSR count). The molecule has 8 fully saturated rings. The summed E-state index contributed by atoms with van der Waals surface area (Å²) in [5.41, 5.74) is 1.62. The quantitative estimate of drug-likeness (QED) is 0.0820. The molecule has 3 aliphatic carbocycles. The van der Waals surface area contributed by atoms with Gasteiger partial charge < -0.3 is 39.0 Å². The topological polar surface area (TPSA) is 166 Å². The van der Waals surface area contributed by atoms with Crippen molar-refractivity contribution in [2.24, 2.45) is 22.7 Å². The van der Waals surface area contributed by atoms with Crippen LogP contribution in [0.3, 0.4) is 0 Å². The molecule has 5 heterocycles. The van der Waals surface area contributed by atoms with E-state index in [-0.39, 0.29) is 55.4 Å². The standard InChI is InChI=1S/C56H83N3O11/c1-9-11-15-26-55(27-16-12-10-2)68-45-42-32-56(51(64)58-29-17-20-41(58)49(62)57-38(34-60)22-24-44(61)67-52(3,4)5)47(50(63)65-42)59(70-48(56)46(45)69-55)33-37-19-14-13-18-35(37)30-36-21-23-43-54(8,66-43)28-25-40-39(36)31-53(40,6)7/h13-14,18-19,30,38-43,45-48,60H,9-12,15-17,20-29,31-34H2,1-8H3,(H,57,62). The number of hydrogen-bond donors (Lipinski definition) is 2. The monoisotopic (exact) mass is 974 g/mol. The molecule has 8 aliphatic rings. The second-order valence-electron chi connectivity index (χ2n) is 24.2. The minimum Gasteiger partial charge on any atom is -0.460 e. The summed E-state index contributed by atoms with van der Waals surface area (Å²) in [5.74, 6) is -1.54. The van der Waals surface area contributed by atoms with Crippen molar-refractivity contribution in [1.29, 1.82) is 0 Å². The lowest BCUT2D eigenvalue weighted by atomic mass is 9.52. The summed E-state index contributed by atoms with van der Waals surface area (Å²) >= 11 is 0. The SMILES string of the molecule is CCCCCC1(CCCCC)OC2C3CC4(C(=O)N5CCCC5C(=O)NC(CO)CCC(=O)OC(C)(C)C)C(ON(Cc5ccccc5C=C5CCC6OC6(C)CCC6C5CC6(C)C)C4C(=O)O3)C2O1. The zero-order chi connectivity index (χ0) is 49.8. The molecule has 12 unspecified atom stereocenters. The molecule has 1 aromatic carbocycles. The van der Waals surface area contributed by atoms with Crippen molar-refractivity contribution in [3.63, 3.8) is 0 Å².